The predicted octanol–water partition coefficient (Wildman–Crippen LogP) is 6.19. The fourth-order valence-corrected chi connectivity index (χ4v) is 4.48. The second-order valence-corrected chi connectivity index (χ2v) is 10.0. The van der Waals surface area contributed by atoms with E-state index in [1.54, 1.807) is 7.11 Å². The van der Waals surface area contributed by atoms with E-state index in [0.29, 0.717) is 5.92 Å². The molecule has 1 aliphatic heterocycles. The molecule has 2 N–H and O–H groups in total. The molecule has 0 amide bonds. The molecule has 4 heterocycles. The Bertz CT molecular complexity index is 1570. The van der Waals surface area contributed by atoms with E-state index in [0.717, 1.165) is 77.7 Å². The maximum atomic E-state index is 10.6. The smallest absolute Gasteiger partial charge is 0.490 e. The Morgan fingerprint density at radius 3 is 2.00 bits per heavy atom. The number of aryl methyl sites for hydroxylation is 2. The molecule has 244 valence electrons. The highest BCUT2D eigenvalue weighted by Crippen LogP contribution is 2.34. The molecule has 0 aliphatic carbocycles. The summed E-state index contributed by atoms with van der Waals surface area (Å²) in [6.07, 6.45) is -6.10. The molecule has 0 saturated carbocycles. The predicted molar refractivity (Wildman–Crippen MR) is 149 cm³/mol. The van der Waals surface area contributed by atoms with Crippen molar-refractivity contribution in [3.63, 3.8) is 0 Å². The minimum absolute atomic E-state index is 0.450. The molecule has 0 radical (unpaired) electrons. The maximum Gasteiger partial charge on any atom is 0.490 e. The Balaban J connectivity index is 0.000000331. The summed E-state index contributed by atoms with van der Waals surface area (Å²) in [6, 6.07) is 14.4. The number of carbonyl (C=O) groups is 2. The number of rotatable bonds is 5. The number of hydrogen-bond donors (Lipinski definition) is 2. The van der Waals surface area contributed by atoms with Gasteiger partial charge in [-0.05, 0) is 75.3 Å². The number of likely N-dealkylation sites (tertiary alicyclic amines) is 1. The van der Waals surface area contributed by atoms with Crippen molar-refractivity contribution in [1.29, 1.82) is 0 Å². The highest BCUT2D eigenvalue weighted by atomic mass is 19.4. The first-order chi connectivity index (χ1) is 21.0. The van der Waals surface area contributed by atoms with E-state index in [1.165, 1.54) is 0 Å². The average Bonchev–Trinajstić information content (AvgIpc) is 3.57. The Hall–Kier alpha value is -4.60. The zero-order valence-corrected chi connectivity index (χ0v) is 24.3. The summed E-state index contributed by atoms with van der Waals surface area (Å²) in [5, 5.41) is 14.2. The van der Waals surface area contributed by atoms with Crippen molar-refractivity contribution in [1.82, 2.24) is 19.4 Å². The number of hydrogen-bond acceptors (Lipinski definition) is 7. The first-order valence-corrected chi connectivity index (χ1v) is 13.3. The average molecular weight is 645 g/mol. The number of piperidine rings is 1. The summed E-state index contributed by atoms with van der Waals surface area (Å²) in [7, 11) is 3.73. The molecule has 0 bridgehead atoms. The van der Waals surface area contributed by atoms with Crippen LogP contribution in [-0.4, -0.2) is 74.1 Å². The van der Waals surface area contributed by atoms with Gasteiger partial charge in [0, 0.05) is 24.2 Å². The Morgan fingerprint density at radius 2 is 1.53 bits per heavy atom. The van der Waals surface area contributed by atoms with E-state index in [4.69, 9.17) is 33.9 Å². The summed E-state index contributed by atoms with van der Waals surface area (Å²) < 4.78 is 76.6. The molecular formula is C29H30F6N4O6. The van der Waals surface area contributed by atoms with Crippen LogP contribution in [0, 0.1) is 6.92 Å². The van der Waals surface area contributed by atoms with Crippen LogP contribution in [0.2, 0.25) is 0 Å². The largest absolute Gasteiger partial charge is 0.497 e. The molecule has 1 aromatic carbocycles. The number of fused-ring (bicyclic) bond motifs is 1. The van der Waals surface area contributed by atoms with Crippen LogP contribution in [0.5, 0.6) is 5.75 Å². The van der Waals surface area contributed by atoms with Gasteiger partial charge in [0.15, 0.2) is 0 Å². The fraction of sp³-hybridized carbons (Fsp3) is 0.379. The van der Waals surface area contributed by atoms with Crippen LogP contribution in [0.1, 0.15) is 36.0 Å². The summed E-state index contributed by atoms with van der Waals surface area (Å²) >= 11 is 0. The van der Waals surface area contributed by atoms with E-state index >= 15 is 0 Å². The van der Waals surface area contributed by atoms with Gasteiger partial charge in [-0.3, -0.25) is 9.88 Å². The molecule has 5 rings (SSSR count). The van der Waals surface area contributed by atoms with Gasteiger partial charge in [0.2, 0.25) is 0 Å². The van der Waals surface area contributed by atoms with Crippen molar-refractivity contribution in [3.05, 3.63) is 66.0 Å². The van der Waals surface area contributed by atoms with E-state index in [-0.39, 0.29) is 0 Å². The van der Waals surface area contributed by atoms with Gasteiger partial charge in [-0.1, -0.05) is 0 Å². The Morgan fingerprint density at radius 1 is 0.978 bits per heavy atom. The van der Waals surface area contributed by atoms with Gasteiger partial charge in [-0.15, -0.1) is 0 Å². The lowest BCUT2D eigenvalue weighted by molar-refractivity contribution is -0.193. The van der Waals surface area contributed by atoms with Crippen molar-refractivity contribution in [3.8, 4) is 17.0 Å². The molecule has 0 atom stereocenters. The lowest BCUT2D eigenvalue weighted by atomic mass is 9.92. The molecule has 1 aliphatic rings. The minimum atomic E-state index is -5.08. The zero-order valence-electron chi connectivity index (χ0n) is 24.3. The highest BCUT2D eigenvalue weighted by molar-refractivity contribution is 5.90. The molecular weight excluding hydrogens is 614 g/mol. The maximum absolute atomic E-state index is 10.6. The van der Waals surface area contributed by atoms with Gasteiger partial charge in [0.05, 0.1) is 31.2 Å². The SMILES string of the molecule is COc1ccc(-c2nc(C3CCN(Cc4ccc(C)o4)CC3)cc3c2ncn3C)cc1.O=C(O)C(F)(F)F.O=C(O)C(F)(F)F. The third kappa shape index (κ3) is 9.69. The number of halogens is 6. The molecule has 16 heteroatoms. The van der Waals surface area contributed by atoms with Gasteiger partial charge < -0.3 is 23.9 Å². The number of imidazole rings is 1. The number of aromatic nitrogens is 3. The number of carboxylic acids is 2. The van der Waals surface area contributed by atoms with E-state index in [2.05, 4.69) is 38.7 Å². The van der Waals surface area contributed by atoms with Crippen LogP contribution in [-0.2, 0) is 23.2 Å². The van der Waals surface area contributed by atoms with Crippen molar-refractivity contribution in [2.45, 2.75) is 44.6 Å². The molecule has 1 saturated heterocycles. The van der Waals surface area contributed by atoms with Crippen molar-refractivity contribution in [2.75, 3.05) is 20.2 Å². The summed E-state index contributed by atoms with van der Waals surface area (Å²) in [5.41, 5.74) is 5.25. The van der Waals surface area contributed by atoms with Gasteiger partial charge >= 0.3 is 24.3 Å². The van der Waals surface area contributed by atoms with Crippen LogP contribution in [0.15, 0.2) is 53.2 Å². The van der Waals surface area contributed by atoms with Crippen LogP contribution < -0.4 is 4.74 Å². The fourth-order valence-electron chi connectivity index (χ4n) is 4.48. The third-order valence-electron chi connectivity index (χ3n) is 6.76. The van der Waals surface area contributed by atoms with Crippen molar-refractivity contribution in [2.24, 2.45) is 7.05 Å². The Labute approximate surface area is 252 Å². The molecule has 0 unspecified atom stereocenters. The molecule has 45 heavy (non-hydrogen) atoms. The second kappa shape index (κ2) is 14.5. The first kappa shape index (κ1) is 34.9. The van der Waals surface area contributed by atoms with Gasteiger partial charge in [0.25, 0.3) is 0 Å². The van der Waals surface area contributed by atoms with Crippen molar-refractivity contribution < 1.29 is 55.3 Å². The number of methoxy groups -OCH3 is 1. The lowest BCUT2D eigenvalue weighted by Crippen LogP contribution is -2.32. The van der Waals surface area contributed by atoms with Gasteiger partial charge in [0.1, 0.15) is 22.8 Å². The molecule has 4 aromatic rings. The topological polar surface area (TPSA) is 131 Å². The van der Waals surface area contributed by atoms with E-state index in [1.807, 2.05) is 38.5 Å². The van der Waals surface area contributed by atoms with E-state index in [9.17, 15) is 26.3 Å². The summed E-state index contributed by atoms with van der Waals surface area (Å²) in [5.74, 6) is -2.20. The lowest BCUT2D eigenvalue weighted by Gasteiger charge is -2.31. The first-order valence-electron chi connectivity index (χ1n) is 13.3. The summed E-state index contributed by atoms with van der Waals surface area (Å²) in [4.78, 5) is 30.0. The molecule has 3 aromatic heterocycles. The number of carboxylic acid groups (broad SMARTS) is 2. The normalized spacial score (nSPS) is 14.2. The van der Waals surface area contributed by atoms with Gasteiger partial charge in [-0.2, -0.15) is 26.3 Å². The van der Waals surface area contributed by atoms with Crippen LogP contribution in [0.25, 0.3) is 22.3 Å². The molecule has 0 spiro atoms. The number of ether oxygens (including phenoxy) is 1. The van der Waals surface area contributed by atoms with Crippen LogP contribution in [0.4, 0.5) is 26.3 Å². The van der Waals surface area contributed by atoms with Crippen molar-refractivity contribution >= 4 is 23.0 Å². The third-order valence-corrected chi connectivity index (χ3v) is 6.76. The molecule has 1 fully saturated rings. The number of aliphatic carboxylic acids is 2. The zero-order chi connectivity index (χ0) is 33.5. The Kier molecular flexibility index (Phi) is 11.2. The number of furan rings is 1. The van der Waals surface area contributed by atoms with E-state index < -0.39 is 24.3 Å². The highest BCUT2D eigenvalue weighted by Gasteiger charge is 2.39. The second-order valence-electron chi connectivity index (χ2n) is 10.0. The monoisotopic (exact) mass is 644 g/mol. The van der Waals surface area contributed by atoms with Crippen LogP contribution >= 0.6 is 0 Å². The number of pyridine rings is 1. The standard InChI is InChI=1S/C25H28N4O2.2C2HF3O2/c1-17-4-7-21(31-17)15-29-12-10-18(11-13-29)22-14-23-25(26-16-28(23)2)24(27-22)19-5-8-20(30-3)9-6-19;2*3-2(4,5)1(6)7/h4-9,14,16,18H,10-13,15H2,1-3H3;2*(H,6,7). The van der Waals surface area contributed by atoms with Gasteiger partial charge in [-0.25, -0.2) is 14.6 Å². The minimum Gasteiger partial charge on any atom is -0.497 e. The summed E-state index contributed by atoms with van der Waals surface area (Å²) in [6.45, 7) is 4.98. The van der Waals surface area contributed by atoms with Crippen LogP contribution in [0.3, 0.4) is 0 Å². The molecule has 10 nitrogen and oxygen atoms in total. The number of alkyl halides is 6. The number of benzene rings is 1. The number of nitrogens with zero attached hydrogens (tertiary/aromatic N) is 4. The quantitative estimate of drug-likeness (QED) is 0.244.